The third-order valence-corrected chi connectivity index (χ3v) is 7.71. The van der Waals surface area contributed by atoms with Crippen molar-refractivity contribution < 1.29 is 29.0 Å². The van der Waals surface area contributed by atoms with Crippen molar-refractivity contribution in [3.05, 3.63) is 24.3 Å². The minimum atomic E-state index is -0.999. The van der Waals surface area contributed by atoms with E-state index in [1.54, 1.807) is 6.08 Å². The standard InChI is InChI=1S/C36H64O6/c1-4-6-7-8-11-16-21-26-33(37)27-22-17-14-19-24-29-36(40)42-31-34(38)30-41-35(39)28-23-18-13-10-9-12-15-20-25-32(3)5-2/h11,16,21,26,32,34,38H,4-10,12-15,17-20,22-25,27-31H2,1-3H3/b16-11-,26-21+/t32?,34-/m0/s1. The van der Waals surface area contributed by atoms with Crippen LogP contribution in [-0.2, 0) is 23.9 Å². The van der Waals surface area contributed by atoms with E-state index in [-0.39, 0.29) is 30.9 Å². The highest BCUT2D eigenvalue weighted by Gasteiger charge is 2.12. The summed E-state index contributed by atoms with van der Waals surface area (Å²) in [6, 6.07) is 0. The van der Waals surface area contributed by atoms with Crippen molar-refractivity contribution in [1.82, 2.24) is 0 Å². The molecule has 0 aromatic heterocycles. The lowest BCUT2D eigenvalue weighted by Crippen LogP contribution is -2.25. The number of ether oxygens (including phenoxy) is 2. The fourth-order valence-electron chi connectivity index (χ4n) is 4.63. The zero-order valence-corrected chi connectivity index (χ0v) is 27.4. The number of esters is 2. The number of unbranched alkanes of at least 4 members (excludes halogenated alkanes) is 14. The Morgan fingerprint density at radius 1 is 0.643 bits per heavy atom. The van der Waals surface area contributed by atoms with E-state index in [2.05, 4.69) is 26.8 Å². The van der Waals surface area contributed by atoms with Crippen molar-refractivity contribution in [2.75, 3.05) is 13.2 Å². The second kappa shape index (κ2) is 30.5. The molecule has 0 aliphatic heterocycles. The van der Waals surface area contributed by atoms with E-state index in [1.807, 2.05) is 12.2 Å². The second-order valence-electron chi connectivity index (χ2n) is 11.9. The Kier molecular flexibility index (Phi) is 29.1. The summed E-state index contributed by atoms with van der Waals surface area (Å²) < 4.78 is 10.2. The van der Waals surface area contributed by atoms with Crippen LogP contribution in [0.2, 0.25) is 0 Å². The third kappa shape index (κ3) is 29.5. The SMILES string of the molecule is CCCCC/C=C\C=C\C(=O)CCCCCCCC(=O)OC[C@@H](O)COC(=O)CCCCCCCCCCC(C)CC. The van der Waals surface area contributed by atoms with E-state index in [0.717, 1.165) is 63.7 Å². The predicted molar refractivity (Wildman–Crippen MR) is 173 cm³/mol. The van der Waals surface area contributed by atoms with Gasteiger partial charge in [-0.15, -0.1) is 0 Å². The molecule has 0 heterocycles. The number of aliphatic hydroxyl groups is 1. The molecule has 6 nitrogen and oxygen atoms in total. The Bertz CT molecular complexity index is 714. The van der Waals surface area contributed by atoms with Crippen LogP contribution in [0.25, 0.3) is 0 Å². The number of ketones is 1. The van der Waals surface area contributed by atoms with Crippen LogP contribution in [0.5, 0.6) is 0 Å². The molecule has 0 amide bonds. The van der Waals surface area contributed by atoms with Crippen LogP contribution in [0.15, 0.2) is 24.3 Å². The van der Waals surface area contributed by atoms with Gasteiger partial charge in [0.05, 0.1) is 0 Å². The van der Waals surface area contributed by atoms with Gasteiger partial charge in [-0.2, -0.15) is 0 Å². The summed E-state index contributed by atoms with van der Waals surface area (Å²) in [6.07, 6.45) is 29.0. The molecule has 0 bridgehead atoms. The van der Waals surface area contributed by atoms with Gasteiger partial charge in [-0.1, -0.05) is 129 Å². The van der Waals surface area contributed by atoms with Gasteiger partial charge >= 0.3 is 11.9 Å². The van der Waals surface area contributed by atoms with Gasteiger partial charge in [0.25, 0.3) is 0 Å². The first-order valence-electron chi connectivity index (χ1n) is 17.2. The summed E-state index contributed by atoms with van der Waals surface area (Å²) in [4.78, 5) is 35.7. The van der Waals surface area contributed by atoms with E-state index in [4.69, 9.17) is 9.47 Å². The fourth-order valence-corrected chi connectivity index (χ4v) is 4.63. The van der Waals surface area contributed by atoms with Gasteiger partial charge in [0, 0.05) is 19.3 Å². The maximum atomic E-state index is 11.9. The van der Waals surface area contributed by atoms with E-state index in [0.29, 0.717) is 19.3 Å². The minimum absolute atomic E-state index is 0.147. The van der Waals surface area contributed by atoms with Gasteiger partial charge in [-0.05, 0) is 44.1 Å². The summed E-state index contributed by atoms with van der Waals surface area (Å²) in [5, 5.41) is 9.96. The molecule has 42 heavy (non-hydrogen) atoms. The van der Waals surface area contributed by atoms with Crippen molar-refractivity contribution in [1.29, 1.82) is 0 Å². The molecule has 0 aliphatic rings. The number of hydrogen-bond donors (Lipinski definition) is 1. The van der Waals surface area contributed by atoms with Crippen LogP contribution in [0.3, 0.4) is 0 Å². The van der Waals surface area contributed by atoms with E-state index in [9.17, 15) is 19.5 Å². The lowest BCUT2D eigenvalue weighted by Gasteiger charge is -2.12. The Hall–Kier alpha value is -1.95. The van der Waals surface area contributed by atoms with Crippen LogP contribution in [0.4, 0.5) is 0 Å². The maximum Gasteiger partial charge on any atom is 0.305 e. The Labute approximate surface area is 258 Å². The molecule has 244 valence electrons. The van der Waals surface area contributed by atoms with Gasteiger partial charge in [-0.25, -0.2) is 0 Å². The van der Waals surface area contributed by atoms with Crippen molar-refractivity contribution in [2.45, 2.75) is 168 Å². The molecule has 2 atom stereocenters. The molecular formula is C36H64O6. The van der Waals surface area contributed by atoms with Crippen molar-refractivity contribution in [2.24, 2.45) is 5.92 Å². The van der Waals surface area contributed by atoms with Crippen molar-refractivity contribution >= 4 is 17.7 Å². The summed E-state index contributed by atoms with van der Waals surface area (Å²) in [6.45, 7) is 6.47. The highest BCUT2D eigenvalue weighted by molar-refractivity contribution is 5.89. The average Bonchev–Trinajstić information content (AvgIpc) is 2.98. The number of rotatable bonds is 30. The summed E-state index contributed by atoms with van der Waals surface area (Å²) in [5.74, 6) is 0.352. The van der Waals surface area contributed by atoms with Crippen molar-refractivity contribution in [3.63, 3.8) is 0 Å². The van der Waals surface area contributed by atoms with Crippen LogP contribution in [0.1, 0.15) is 162 Å². The second-order valence-corrected chi connectivity index (χ2v) is 11.9. The van der Waals surface area contributed by atoms with E-state index >= 15 is 0 Å². The summed E-state index contributed by atoms with van der Waals surface area (Å²) >= 11 is 0. The molecule has 1 N–H and O–H groups in total. The largest absolute Gasteiger partial charge is 0.463 e. The van der Waals surface area contributed by atoms with E-state index < -0.39 is 6.10 Å². The van der Waals surface area contributed by atoms with Gasteiger partial charge in [-0.3, -0.25) is 14.4 Å². The zero-order chi connectivity index (χ0) is 31.1. The molecule has 0 radical (unpaired) electrons. The van der Waals surface area contributed by atoms with Crippen LogP contribution < -0.4 is 0 Å². The molecule has 0 saturated heterocycles. The van der Waals surface area contributed by atoms with Crippen molar-refractivity contribution in [3.8, 4) is 0 Å². The topological polar surface area (TPSA) is 89.9 Å². The number of hydrogen-bond acceptors (Lipinski definition) is 6. The van der Waals surface area contributed by atoms with Gasteiger partial charge < -0.3 is 14.6 Å². The number of allylic oxidation sites excluding steroid dienone is 4. The lowest BCUT2D eigenvalue weighted by molar-refractivity contribution is -0.152. The van der Waals surface area contributed by atoms with Gasteiger partial charge in [0.2, 0.25) is 0 Å². The monoisotopic (exact) mass is 592 g/mol. The first-order valence-corrected chi connectivity index (χ1v) is 17.2. The maximum absolute atomic E-state index is 11.9. The van der Waals surface area contributed by atoms with Crippen LogP contribution in [-0.4, -0.2) is 42.1 Å². The van der Waals surface area contributed by atoms with E-state index in [1.165, 1.54) is 64.2 Å². The fraction of sp³-hybridized carbons (Fsp3) is 0.806. The molecule has 0 aliphatic carbocycles. The number of carbonyl (C=O) groups excluding carboxylic acids is 3. The predicted octanol–water partition coefficient (Wildman–Crippen LogP) is 9.37. The molecule has 0 rings (SSSR count). The van der Waals surface area contributed by atoms with Gasteiger partial charge in [0.1, 0.15) is 19.3 Å². The van der Waals surface area contributed by atoms with Crippen LogP contribution in [0, 0.1) is 5.92 Å². The Morgan fingerprint density at radius 2 is 1.14 bits per heavy atom. The third-order valence-electron chi connectivity index (χ3n) is 7.71. The van der Waals surface area contributed by atoms with Crippen LogP contribution >= 0.6 is 0 Å². The highest BCUT2D eigenvalue weighted by Crippen LogP contribution is 2.15. The minimum Gasteiger partial charge on any atom is -0.463 e. The smallest absolute Gasteiger partial charge is 0.305 e. The number of aliphatic hydroxyl groups excluding tert-OH is 1. The Morgan fingerprint density at radius 3 is 1.67 bits per heavy atom. The normalized spacial score (nSPS) is 13.0. The zero-order valence-electron chi connectivity index (χ0n) is 27.4. The molecule has 0 spiro atoms. The average molecular weight is 593 g/mol. The molecule has 6 heteroatoms. The molecule has 0 saturated carbocycles. The molecule has 1 unspecified atom stereocenters. The molecule has 0 aromatic rings. The molecule has 0 aromatic carbocycles. The highest BCUT2D eigenvalue weighted by atomic mass is 16.6. The molecular weight excluding hydrogens is 528 g/mol. The lowest BCUT2D eigenvalue weighted by atomic mass is 9.99. The van der Waals surface area contributed by atoms with Gasteiger partial charge in [0.15, 0.2) is 5.78 Å². The Balaban J connectivity index is 3.56. The quantitative estimate of drug-likeness (QED) is 0.0387. The number of carbonyl (C=O) groups is 3. The summed E-state index contributed by atoms with van der Waals surface area (Å²) in [5.41, 5.74) is 0. The molecule has 0 fully saturated rings. The summed E-state index contributed by atoms with van der Waals surface area (Å²) in [7, 11) is 0. The first kappa shape index (κ1) is 40.1. The first-order chi connectivity index (χ1) is 20.4.